The number of rotatable bonds is 3. The van der Waals surface area contributed by atoms with E-state index in [2.05, 4.69) is 11.4 Å². The monoisotopic (exact) mass is 393 g/mol. The van der Waals surface area contributed by atoms with E-state index in [1.807, 2.05) is 43.3 Å². The third kappa shape index (κ3) is 3.36. The van der Waals surface area contributed by atoms with Crippen molar-refractivity contribution in [2.75, 3.05) is 4.90 Å². The van der Waals surface area contributed by atoms with Gasteiger partial charge >= 0.3 is 0 Å². The molecule has 1 unspecified atom stereocenters. The molecule has 0 saturated carbocycles. The summed E-state index contributed by atoms with van der Waals surface area (Å²) in [6, 6.07) is 26.3. The quantitative estimate of drug-likeness (QED) is 0.717. The van der Waals surface area contributed by atoms with Gasteiger partial charge in [0.15, 0.2) is 6.04 Å². The van der Waals surface area contributed by atoms with Gasteiger partial charge in [-0.1, -0.05) is 54.6 Å². The minimum absolute atomic E-state index is 0.298. The first kappa shape index (κ1) is 19.2. The Labute approximate surface area is 174 Å². The van der Waals surface area contributed by atoms with Crippen molar-refractivity contribution >= 4 is 23.1 Å². The van der Waals surface area contributed by atoms with Crippen molar-refractivity contribution in [3.8, 4) is 6.07 Å². The van der Waals surface area contributed by atoms with Crippen molar-refractivity contribution in [3.63, 3.8) is 0 Å². The highest BCUT2D eigenvalue weighted by Gasteiger charge is 2.36. The molecule has 0 saturated heterocycles. The third-order valence-electron chi connectivity index (χ3n) is 5.15. The van der Waals surface area contributed by atoms with E-state index in [-0.39, 0.29) is 11.8 Å². The Balaban J connectivity index is 1.81. The molecule has 1 aliphatic rings. The molecule has 0 bridgehead atoms. The number of benzene rings is 3. The van der Waals surface area contributed by atoms with Gasteiger partial charge in [0.2, 0.25) is 0 Å². The van der Waals surface area contributed by atoms with Crippen molar-refractivity contribution < 1.29 is 9.59 Å². The van der Waals surface area contributed by atoms with Crippen LogP contribution in [0.2, 0.25) is 0 Å². The van der Waals surface area contributed by atoms with Crippen molar-refractivity contribution in [1.82, 2.24) is 5.32 Å². The molecule has 3 aromatic carbocycles. The second-order valence-corrected chi connectivity index (χ2v) is 6.95. The zero-order valence-corrected chi connectivity index (χ0v) is 16.4. The predicted molar refractivity (Wildman–Crippen MR) is 116 cm³/mol. The van der Waals surface area contributed by atoms with Crippen molar-refractivity contribution in [2.45, 2.75) is 13.0 Å². The van der Waals surface area contributed by atoms with Gasteiger partial charge in [0, 0.05) is 16.7 Å². The highest BCUT2D eigenvalue weighted by molar-refractivity contribution is 6.10. The van der Waals surface area contributed by atoms with E-state index in [0.717, 1.165) is 11.1 Å². The molecule has 2 amide bonds. The van der Waals surface area contributed by atoms with Gasteiger partial charge in [-0.05, 0) is 42.8 Å². The lowest BCUT2D eigenvalue weighted by atomic mass is 9.92. The number of nitrogens with one attached hydrogen (secondary N) is 1. The molecule has 4 rings (SSSR count). The Morgan fingerprint density at radius 3 is 2.07 bits per heavy atom. The fourth-order valence-corrected chi connectivity index (χ4v) is 3.63. The van der Waals surface area contributed by atoms with Crippen LogP contribution in [0.1, 0.15) is 33.2 Å². The SMILES string of the molecule is CC1=C(NC(=O)c2ccccc2)C(C#N)N(C(=O)c2ccccc2)c2ccccc21. The summed E-state index contributed by atoms with van der Waals surface area (Å²) in [6.07, 6.45) is 0. The maximum Gasteiger partial charge on any atom is 0.259 e. The second-order valence-electron chi connectivity index (χ2n) is 6.95. The van der Waals surface area contributed by atoms with E-state index in [4.69, 9.17) is 0 Å². The van der Waals surface area contributed by atoms with Crippen LogP contribution < -0.4 is 10.2 Å². The number of nitrogens with zero attached hydrogens (tertiary/aromatic N) is 2. The van der Waals surface area contributed by atoms with E-state index in [1.165, 1.54) is 4.90 Å². The van der Waals surface area contributed by atoms with Gasteiger partial charge in [0.1, 0.15) is 0 Å². The first-order chi connectivity index (χ1) is 14.6. The summed E-state index contributed by atoms with van der Waals surface area (Å²) in [6.45, 7) is 1.86. The van der Waals surface area contributed by atoms with Crippen LogP contribution in [-0.2, 0) is 0 Å². The van der Waals surface area contributed by atoms with Gasteiger partial charge in [-0.25, -0.2) is 0 Å². The minimum atomic E-state index is -0.958. The molecule has 0 fully saturated rings. The number of para-hydroxylation sites is 1. The predicted octanol–water partition coefficient (Wildman–Crippen LogP) is 4.40. The van der Waals surface area contributed by atoms with Crippen LogP contribution in [0.4, 0.5) is 5.69 Å². The lowest BCUT2D eigenvalue weighted by molar-refractivity contribution is 0.0950. The number of fused-ring (bicyclic) bond motifs is 1. The van der Waals surface area contributed by atoms with E-state index in [0.29, 0.717) is 22.5 Å². The molecule has 1 atom stereocenters. The topological polar surface area (TPSA) is 73.2 Å². The van der Waals surface area contributed by atoms with Crippen LogP contribution in [0.5, 0.6) is 0 Å². The van der Waals surface area contributed by atoms with Crippen molar-refractivity contribution in [1.29, 1.82) is 5.26 Å². The number of allylic oxidation sites excluding steroid dienone is 1. The number of hydrogen-bond donors (Lipinski definition) is 1. The number of amides is 2. The smallest absolute Gasteiger partial charge is 0.259 e. The molecule has 5 nitrogen and oxygen atoms in total. The van der Waals surface area contributed by atoms with E-state index >= 15 is 0 Å². The molecule has 30 heavy (non-hydrogen) atoms. The number of hydrogen-bond acceptors (Lipinski definition) is 3. The molecule has 0 aromatic heterocycles. The minimum Gasteiger partial charge on any atom is -0.322 e. The molecule has 0 radical (unpaired) electrons. The number of carbonyl (C=O) groups excluding carboxylic acids is 2. The van der Waals surface area contributed by atoms with E-state index in [1.54, 1.807) is 48.5 Å². The van der Waals surface area contributed by atoms with E-state index in [9.17, 15) is 14.9 Å². The lowest BCUT2D eigenvalue weighted by Crippen LogP contribution is -2.47. The molecule has 0 aliphatic carbocycles. The molecule has 146 valence electrons. The Morgan fingerprint density at radius 1 is 0.867 bits per heavy atom. The first-order valence-electron chi connectivity index (χ1n) is 9.56. The van der Waals surface area contributed by atoms with Gasteiger partial charge in [-0.15, -0.1) is 0 Å². The van der Waals surface area contributed by atoms with Crippen LogP contribution in [0.3, 0.4) is 0 Å². The normalized spacial score (nSPS) is 15.2. The molecule has 5 heteroatoms. The van der Waals surface area contributed by atoms with Gasteiger partial charge in [0.05, 0.1) is 17.5 Å². The summed E-state index contributed by atoms with van der Waals surface area (Å²) in [5, 5.41) is 12.9. The van der Waals surface area contributed by atoms with Crippen molar-refractivity contribution in [3.05, 3.63) is 107 Å². The van der Waals surface area contributed by atoms with Gasteiger partial charge in [0.25, 0.3) is 11.8 Å². The summed E-state index contributed by atoms with van der Waals surface area (Å²) in [4.78, 5) is 27.7. The Morgan fingerprint density at radius 2 is 1.43 bits per heavy atom. The first-order valence-corrected chi connectivity index (χ1v) is 9.56. The van der Waals surface area contributed by atoms with Crippen LogP contribution in [-0.4, -0.2) is 17.9 Å². The maximum atomic E-state index is 13.4. The molecular weight excluding hydrogens is 374 g/mol. The summed E-state index contributed by atoms with van der Waals surface area (Å²) in [5.74, 6) is -0.620. The molecule has 1 heterocycles. The summed E-state index contributed by atoms with van der Waals surface area (Å²) < 4.78 is 0. The highest BCUT2D eigenvalue weighted by Crippen LogP contribution is 2.37. The Bertz CT molecular complexity index is 1180. The van der Waals surface area contributed by atoms with Crippen molar-refractivity contribution in [2.24, 2.45) is 0 Å². The number of nitriles is 1. The standard InChI is InChI=1S/C25H19N3O2/c1-17-20-14-8-9-15-21(20)28(25(30)19-12-6-3-7-13-19)22(16-26)23(17)27-24(29)18-10-4-2-5-11-18/h2-15,22H,1H3,(H,27,29). The third-order valence-corrected chi connectivity index (χ3v) is 5.15. The van der Waals surface area contributed by atoms with Gasteiger partial charge in [-0.3, -0.25) is 14.5 Å². The lowest BCUT2D eigenvalue weighted by Gasteiger charge is -2.36. The Kier molecular flexibility index (Phi) is 5.15. The van der Waals surface area contributed by atoms with Crippen LogP contribution in [0.15, 0.2) is 90.6 Å². The zero-order chi connectivity index (χ0) is 21.1. The molecule has 3 aromatic rings. The van der Waals surface area contributed by atoms with Crippen LogP contribution in [0, 0.1) is 11.3 Å². The largest absolute Gasteiger partial charge is 0.322 e. The fraction of sp³-hybridized carbons (Fsp3) is 0.0800. The van der Waals surface area contributed by atoms with E-state index < -0.39 is 6.04 Å². The fourth-order valence-electron chi connectivity index (χ4n) is 3.63. The zero-order valence-electron chi connectivity index (χ0n) is 16.4. The Hall–Kier alpha value is -4.17. The summed E-state index contributed by atoms with van der Waals surface area (Å²) in [7, 11) is 0. The van der Waals surface area contributed by atoms with Gasteiger partial charge < -0.3 is 5.32 Å². The molecule has 1 aliphatic heterocycles. The average molecular weight is 393 g/mol. The van der Waals surface area contributed by atoms with Crippen LogP contribution >= 0.6 is 0 Å². The average Bonchev–Trinajstić information content (AvgIpc) is 2.81. The molecular formula is C25H19N3O2. The summed E-state index contributed by atoms with van der Waals surface area (Å²) >= 11 is 0. The maximum absolute atomic E-state index is 13.4. The number of anilines is 1. The summed E-state index contributed by atoms with van der Waals surface area (Å²) in [5.41, 5.74) is 3.58. The number of carbonyl (C=O) groups is 2. The molecule has 1 N–H and O–H groups in total. The second kappa shape index (κ2) is 8.06. The molecule has 0 spiro atoms. The van der Waals surface area contributed by atoms with Crippen LogP contribution in [0.25, 0.3) is 5.57 Å². The highest BCUT2D eigenvalue weighted by atomic mass is 16.2. The van der Waals surface area contributed by atoms with Gasteiger partial charge in [-0.2, -0.15) is 5.26 Å².